The minimum atomic E-state index is -0.695. The molecule has 3 amide bonds. The van der Waals surface area contributed by atoms with Crippen molar-refractivity contribution < 1.29 is 18.8 Å². The van der Waals surface area contributed by atoms with Gasteiger partial charge in [-0.15, -0.1) is 0 Å². The van der Waals surface area contributed by atoms with E-state index in [4.69, 9.17) is 4.84 Å². The summed E-state index contributed by atoms with van der Waals surface area (Å²) in [5.41, 5.74) is 1.03. The van der Waals surface area contributed by atoms with Gasteiger partial charge in [0.25, 0.3) is 5.91 Å². The van der Waals surface area contributed by atoms with Crippen LogP contribution in [0.25, 0.3) is 0 Å². The van der Waals surface area contributed by atoms with Gasteiger partial charge >= 0.3 is 6.03 Å². The SMILES string of the molecule is O=C(NCc1cccnc1)C1=NO[C@]2(CCCN(C(=O)Nc3ccc(F)cc3)C2)C1. The van der Waals surface area contributed by atoms with Gasteiger partial charge in [-0.05, 0) is 48.7 Å². The van der Waals surface area contributed by atoms with Crippen LogP contribution in [0, 0.1) is 5.82 Å². The molecular weight excluding hydrogens is 389 g/mol. The van der Waals surface area contributed by atoms with Crippen LogP contribution >= 0.6 is 0 Å². The predicted molar refractivity (Wildman–Crippen MR) is 108 cm³/mol. The molecule has 0 bridgehead atoms. The second-order valence-electron chi connectivity index (χ2n) is 7.50. The molecule has 0 unspecified atom stereocenters. The maximum absolute atomic E-state index is 13.0. The lowest BCUT2D eigenvalue weighted by Gasteiger charge is -2.38. The molecule has 1 aromatic heterocycles. The van der Waals surface area contributed by atoms with Crippen LogP contribution in [-0.4, -0.2) is 46.2 Å². The Balaban J connectivity index is 1.32. The third-order valence-electron chi connectivity index (χ3n) is 5.20. The number of urea groups is 1. The van der Waals surface area contributed by atoms with Crippen LogP contribution in [0.2, 0.25) is 0 Å². The molecule has 3 heterocycles. The minimum Gasteiger partial charge on any atom is -0.386 e. The van der Waals surface area contributed by atoms with E-state index in [1.165, 1.54) is 24.3 Å². The summed E-state index contributed by atoms with van der Waals surface area (Å²) >= 11 is 0. The molecular formula is C21H22FN5O3. The van der Waals surface area contributed by atoms with Gasteiger partial charge in [0.1, 0.15) is 11.5 Å². The fourth-order valence-electron chi connectivity index (χ4n) is 3.66. The molecule has 0 aliphatic carbocycles. The van der Waals surface area contributed by atoms with Crippen LogP contribution in [-0.2, 0) is 16.2 Å². The van der Waals surface area contributed by atoms with Crippen molar-refractivity contribution >= 4 is 23.3 Å². The van der Waals surface area contributed by atoms with Gasteiger partial charge in [-0.1, -0.05) is 11.2 Å². The largest absolute Gasteiger partial charge is 0.386 e. The van der Waals surface area contributed by atoms with Crippen molar-refractivity contribution in [2.24, 2.45) is 5.16 Å². The maximum atomic E-state index is 13.0. The Morgan fingerprint density at radius 2 is 2.07 bits per heavy atom. The zero-order chi connectivity index (χ0) is 21.0. The Hall–Kier alpha value is -3.49. The zero-order valence-corrected chi connectivity index (χ0v) is 16.3. The number of nitrogens with zero attached hydrogens (tertiary/aromatic N) is 3. The molecule has 2 aromatic rings. The summed E-state index contributed by atoms with van der Waals surface area (Å²) < 4.78 is 13.0. The smallest absolute Gasteiger partial charge is 0.321 e. The van der Waals surface area contributed by atoms with Crippen LogP contribution in [0.15, 0.2) is 53.9 Å². The van der Waals surface area contributed by atoms with E-state index in [-0.39, 0.29) is 17.8 Å². The van der Waals surface area contributed by atoms with Crippen molar-refractivity contribution in [2.45, 2.75) is 31.4 Å². The first-order chi connectivity index (χ1) is 14.5. The van der Waals surface area contributed by atoms with E-state index in [0.29, 0.717) is 43.9 Å². The number of rotatable bonds is 4. The first-order valence-corrected chi connectivity index (χ1v) is 9.77. The molecule has 2 aliphatic heterocycles. The van der Waals surface area contributed by atoms with Crippen molar-refractivity contribution in [2.75, 3.05) is 18.4 Å². The van der Waals surface area contributed by atoms with Gasteiger partial charge in [0.15, 0.2) is 5.60 Å². The Morgan fingerprint density at radius 1 is 1.23 bits per heavy atom. The summed E-state index contributed by atoms with van der Waals surface area (Å²) in [6.45, 7) is 1.24. The topological polar surface area (TPSA) is 95.9 Å². The Morgan fingerprint density at radius 3 is 2.83 bits per heavy atom. The number of anilines is 1. The maximum Gasteiger partial charge on any atom is 0.321 e. The highest BCUT2D eigenvalue weighted by atomic mass is 19.1. The molecule has 1 saturated heterocycles. The van der Waals surface area contributed by atoms with Gasteiger partial charge < -0.3 is 20.4 Å². The standard InChI is InChI=1S/C21H22FN5O3/c22-16-4-6-17(7-5-16)25-20(29)27-10-2-8-21(14-27)11-18(26-30-21)19(28)24-13-15-3-1-9-23-12-15/h1,3-7,9,12H,2,8,10-11,13-14H2,(H,24,28)(H,25,29)/t21-/m1/s1. The highest BCUT2D eigenvalue weighted by molar-refractivity contribution is 6.39. The van der Waals surface area contributed by atoms with E-state index in [1.807, 2.05) is 6.07 Å². The fraction of sp³-hybridized carbons (Fsp3) is 0.333. The molecule has 1 aromatic carbocycles. The van der Waals surface area contributed by atoms with Crippen molar-refractivity contribution in [1.29, 1.82) is 0 Å². The molecule has 156 valence electrons. The molecule has 0 saturated carbocycles. The minimum absolute atomic E-state index is 0.288. The number of hydrogen-bond donors (Lipinski definition) is 2. The van der Waals surface area contributed by atoms with Gasteiger partial charge in [0, 0.05) is 37.6 Å². The number of pyridine rings is 1. The normalized spacial score (nSPS) is 20.4. The summed E-state index contributed by atoms with van der Waals surface area (Å²) in [4.78, 5) is 36.4. The van der Waals surface area contributed by atoms with Crippen molar-refractivity contribution in [3.05, 3.63) is 60.2 Å². The molecule has 30 heavy (non-hydrogen) atoms. The lowest BCUT2D eigenvalue weighted by Crippen LogP contribution is -2.52. The summed E-state index contributed by atoms with van der Waals surface area (Å²) in [6.07, 6.45) is 5.14. The number of carbonyl (C=O) groups is 2. The number of oxime groups is 1. The summed E-state index contributed by atoms with van der Waals surface area (Å²) in [6, 6.07) is 8.98. The predicted octanol–water partition coefficient (Wildman–Crippen LogP) is 2.68. The molecule has 2 aliphatic rings. The van der Waals surface area contributed by atoms with Gasteiger partial charge in [-0.3, -0.25) is 9.78 Å². The van der Waals surface area contributed by atoms with E-state index in [9.17, 15) is 14.0 Å². The van der Waals surface area contributed by atoms with Crippen molar-refractivity contribution in [3.8, 4) is 0 Å². The highest BCUT2D eigenvalue weighted by Crippen LogP contribution is 2.33. The number of likely N-dealkylation sites (tertiary alicyclic amines) is 1. The van der Waals surface area contributed by atoms with Crippen molar-refractivity contribution in [1.82, 2.24) is 15.2 Å². The van der Waals surface area contributed by atoms with Gasteiger partial charge in [0.05, 0.1) is 6.54 Å². The number of hydrogen-bond acceptors (Lipinski definition) is 5. The zero-order valence-electron chi connectivity index (χ0n) is 16.3. The molecule has 0 radical (unpaired) electrons. The number of aromatic nitrogens is 1. The molecule has 8 nitrogen and oxygen atoms in total. The van der Waals surface area contributed by atoms with Crippen LogP contribution in [0.4, 0.5) is 14.9 Å². The molecule has 1 atom stereocenters. The van der Waals surface area contributed by atoms with Gasteiger partial charge in [0.2, 0.25) is 0 Å². The van der Waals surface area contributed by atoms with E-state index in [1.54, 1.807) is 23.4 Å². The van der Waals surface area contributed by atoms with Crippen LogP contribution in [0.5, 0.6) is 0 Å². The highest BCUT2D eigenvalue weighted by Gasteiger charge is 2.45. The average molecular weight is 411 g/mol. The third kappa shape index (κ3) is 4.56. The number of halogens is 1. The first-order valence-electron chi connectivity index (χ1n) is 9.77. The summed E-state index contributed by atoms with van der Waals surface area (Å²) in [7, 11) is 0. The molecule has 2 N–H and O–H groups in total. The quantitative estimate of drug-likeness (QED) is 0.809. The average Bonchev–Trinajstić information content (AvgIpc) is 3.17. The number of piperidine rings is 1. The Labute approximate surface area is 173 Å². The number of benzene rings is 1. The molecule has 1 spiro atoms. The first kappa shape index (κ1) is 19.8. The third-order valence-corrected chi connectivity index (χ3v) is 5.20. The summed E-state index contributed by atoms with van der Waals surface area (Å²) in [5, 5.41) is 9.58. The van der Waals surface area contributed by atoms with E-state index in [2.05, 4.69) is 20.8 Å². The Kier molecular flexibility index (Phi) is 5.60. The second-order valence-corrected chi connectivity index (χ2v) is 7.50. The monoisotopic (exact) mass is 411 g/mol. The van der Waals surface area contributed by atoms with Gasteiger partial charge in [-0.2, -0.15) is 0 Å². The molecule has 9 heteroatoms. The van der Waals surface area contributed by atoms with E-state index in [0.717, 1.165) is 12.0 Å². The van der Waals surface area contributed by atoms with Crippen LogP contribution in [0.3, 0.4) is 0 Å². The van der Waals surface area contributed by atoms with E-state index < -0.39 is 5.60 Å². The fourth-order valence-corrected chi connectivity index (χ4v) is 3.66. The number of amides is 3. The number of nitrogens with one attached hydrogen (secondary N) is 2. The van der Waals surface area contributed by atoms with Gasteiger partial charge in [-0.25, -0.2) is 9.18 Å². The lowest BCUT2D eigenvalue weighted by atomic mass is 9.88. The molecule has 4 rings (SSSR count). The molecule has 1 fully saturated rings. The number of carbonyl (C=O) groups excluding carboxylic acids is 2. The van der Waals surface area contributed by atoms with Crippen LogP contribution in [0.1, 0.15) is 24.8 Å². The second kappa shape index (κ2) is 8.48. The Bertz CT molecular complexity index is 951. The van der Waals surface area contributed by atoms with Crippen molar-refractivity contribution in [3.63, 3.8) is 0 Å². The lowest BCUT2D eigenvalue weighted by molar-refractivity contribution is -0.115. The summed E-state index contributed by atoms with van der Waals surface area (Å²) in [5.74, 6) is -0.653. The van der Waals surface area contributed by atoms with Crippen LogP contribution < -0.4 is 10.6 Å². The van der Waals surface area contributed by atoms with E-state index >= 15 is 0 Å².